The summed E-state index contributed by atoms with van der Waals surface area (Å²) < 4.78 is 0. The molecule has 0 bridgehead atoms. The molecule has 0 aliphatic heterocycles. The maximum atomic E-state index is 12.8. The van der Waals surface area contributed by atoms with E-state index in [1.165, 1.54) is 0 Å². The Morgan fingerprint density at radius 1 is 1.00 bits per heavy atom. The molecule has 5 nitrogen and oxygen atoms in total. The van der Waals surface area contributed by atoms with Crippen LogP contribution in [0.5, 0.6) is 0 Å². The zero-order valence-electron chi connectivity index (χ0n) is 14.0. The van der Waals surface area contributed by atoms with E-state index in [0.717, 1.165) is 17.7 Å². The average Bonchev–Trinajstić information content (AvgIpc) is 2.60. The van der Waals surface area contributed by atoms with Crippen LogP contribution in [0.15, 0.2) is 54.6 Å². The molecule has 2 amide bonds. The van der Waals surface area contributed by atoms with Gasteiger partial charge in [-0.1, -0.05) is 37.3 Å². The lowest BCUT2D eigenvalue weighted by Gasteiger charge is -2.28. The smallest absolute Gasteiger partial charge is 0.335 e. The Kier molecular flexibility index (Phi) is 5.95. The van der Waals surface area contributed by atoms with Gasteiger partial charge in [-0.25, -0.2) is 9.59 Å². The fourth-order valence-electron chi connectivity index (χ4n) is 2.45. The zero-order valence-corrected chi connectivity index (χ0v) is 14.0. The molecule has 0 saturated heterocycles. The molecule has 0 aliphatic rings. The molecule has 0 saturated carbocycles. The van der Waals surface area contributed by atoms with E-state index in [4.69, 9.17) is 5.11 Å². The summed E-state index contributed by atoms with van der Waals surface area (Å²) in [5.41, 5.74) is 1.93. The first-order chi connectivity index (χ1) is 11.5. The summed E-state index contributed by atoms with van der Waals surface area (Å²) in [4.78, 5) is 27.1. The summed E-state index contributed by atoms with van der Waals surface area (Å²) >= 11 is 0. The number of carbonyl (C=O) groups excluding carboxylic acids is 1. The number of para-hydroxylation sites is 1. The minimum absolute atomic E-state index is 0.0784. The van der Waals surface area contributed by atoms with Crippen molar-refractivity contribution in [3.8, 4) is 0 Å². The Balaban J connectivity index is 2.26. The van der Waals surface area contributed by atoms with Gasteiger partial charge in [0.2, 0.25) is 0 Å². The van der Waals surface area contributed by atoms with Crippen LogP contribution in [0.25, 0.3) is 0 Å². The molecule has 0 spiro atoms. The van der Waals surface area contributed by atoms with Gasteiger partial charge in [-0.15, -0.1) is 0 Å². The van der Waals surface area contributed by atoms with Gasteiger partial charge in [-0.3, -0.25) is 4.90 Å². The summed E-state index contributed by atoms with van der Waals surface area (Å²) in [6, 6.07) is 16.0. The Labute approximate surface area is 142 Å². The first-order valence-electron chi connectivity index (χ1n) is 7.93. The van der Waals surface area contributed by atoms with Gasteiger partial charge < -0.3 is 10.0 Å². The van der Waals surface area contributed by atoms with Crippen LogP contribution < -0.4 is 4.90 Å². The Bertz CT molecular complexity index is 684. The summed E-state index contributed by atoms with van der Waals surface area (Å²) in [7, 11) is 1.79. The van der Waals surface area contributed by atoms with E-state index in [0.29, 0.717) is 13.1 Å². The van der Waals surface area contributed by atoms with Crippen LogP contribution >= 0.6 is 0 Å². The van der Waals surface area contributed by atoms with Gasteiger partial charge in [-0.2, -0.15) is 0 Å². The lowest BCUT2D eigenvalue weighted by atomic mass is 10.1. The second kappa shape index (κ2) is 8.15. The molecule has 24 heavy (non-hydrogen) atoms. The van der Waals surface area contributed by atoms with Crippen LogP contribution in [0.4, 0.5) is 10.5 Å². The molecule has 0 unspecified atom stereocenters. The number of carboxylic acids is 1. The van der Waals surface area contributed by atoms with Crippen molar-refractivity contribution in [1.82, 2.24) is 4.90 Å². The molecule has 2 rings (SSSR count). The topological polar surface area (TPSA) is 60.9 Å². The number of hydrogen-bond acceptors (Lipinski definition) is 2. The summed E-state index contributed by atoms with van der Waals surface area (Å²) in [6.45, 7) is 3.10. The fraction of sp³-hybridized carbons (Fsp3) is 0.263. The van der Waals surface area contributed by atoms with E-state index >= 15 is 0 Å². The number of rotatable bonds is 6. The quantitative estimate of drug-likeness (QED) is 0.877. The number of hydrogen-bond donors (Lipinski definition) is 1. The normalized spacial score (nSPS) is 10.2. The number of carboxylic acid groups (broad SMARTS) is 1. The first kappa shape index (κ1) is 17.5. The molecule has 0 atom stereocenters. The maximum Gasteiger partial charge on any atom is 0.335 e. The maximum absolute atomic E-state index is 12.8. The van der Waals surface area contributed by atoms with Gasteiger partial charge in [0.1, 0.15) is 0 Å². The third kappa shape index (κ3) is 4.35. The highest BCUT2D eigenvalue weighted by Gasteiger charge is 2.19. The summed E-state index contributed by atoms with van der Waals surface area (Å²) in [5, 5.41) is 8.98. The van der Waals surface area contributed by atoms with Crippen LogP contribution in [0.1, 0.15) is 29.3 Å². The van der Waals surface area contributed by atoms with Crippen molar-refractivity contribution >= 4 is 17.7 Å². The molecular formula is C19H22N2O3. The SMILES string of the molecule is CCCN(C)C(=O)N(Cc1ccc(C(=O)O)cc1)c1ccccc1. The van der Waals surface area contributed by atoms with Crippen LogP contribution in [0.2, 0.25) is 0 Å². The molecule has 2 aromatic rings. The highest BCUT2D eigenvalue weighted by Crippen LogP contribution is 2.19. The molecule has 0 heterocycles. The second-order valence-electron chi connectivity index (χ2n) is 5.63. The van der Waals surface area contributed by atoms with Gasteiger partial charge >= 0.3 is 12.0 Å². The third-order valence-corrected chi connectivity index (χ3v) is 3.73. The van der Waals surface area contributed by atoms with E-state index in [9.17, 15) is 9.59 Å². The van der Waals surface area contributed by atoms with Crippen molar-refractivity contribution in [2.75, 3.05) is 18.5 Å². The number of benzene rings is 2. The molecule has 0 radical (unpaired) electrons. The average molecular weight is 326 g/mol. The van der Waals surface area contributed by atoms with E-state index in [2.05, 4.69) is 0 Å². The van der Waals surface area contributed by atoms with Crippen molar-refractivity contribution in [3.05, 3.63) is 65.7 Å². The second-order valence-corrected chi connectivity index (χ2v) is 5.63. The Hall–Kier alpha value is -2.82. The number of urea groups is 1. The largest absolute Gasteiger partial charge is 0.478 e. The predicted octanol–water partition coefficient (Wildman–Crippen LogP) is 3.85. The number of carbonyl (C=O) groups is 2. The van der Waals surface area contributed by atoms with Gasteiger partial charge in [0.25, 0.3) is 0 Å². The standard InChI is InChI=1S/C19H22N2O3/c1-3-13-20(2)19(24)21(17-7-5-4-6-8-17)14-15-9-11-16(12-10-15)18(22)23/h4-12H,3,13-14H2,1-2H3,(H,22,23). The minimum atomic E-state index is -0.958. The minimum Gasteiger partial charge on any atom is -0.478 e. The molecule has 0 aliphatic carbocycles. The number of aromatic carboxylic acids is 1. The molecule has 5 heteroatoms. The summed E-state index contributed by atoms with van der Waals surface area (Å²) in [6.07, 6.45) is 0.887. The zero-order chi connectivity index (χ0) is 17.5. The van der Waals surface area contributed by atoms with Gasteiger partial charge in [-0.05, 0) is 36.2 Å². The van der Waals surface area contributed by atoms with E-state index < -0.39 is 5.97 Å². The number of anilines is 1. The molecule has 1 N–H and O–H groups in total. The Morgan fingerprint density at radius 2 is 1.62 bits per heavy atom. The van der Waals surface area contributed by atoms with Crippen molar-refractivity contribution in [3.63, 3.8) is 0 Å². The van der Waals surface area contributed by atoms with E-state index in [1.54, 1.807) is 41.1 Å². The van der Waals surface area contributed by atoms with Crippen LogP contribution in [-0.4, -0.2) is 35.6 Å². The van der Waals surface area contributed by atoms with Crippen LogP contribution in [0.3, 0.4) is 0 Å². The van der Waals surface area contributed by atoms with Crippen molar-refractivity contribution in [2.45, 2.75) is 19.9 Å². The lowest BCUT2D eigenvalue weighted by molar-refractivity contribution is 0.0697. The van der Waals surface area contributed by atoms with Crippen molar-refractivity contribution < 1.29 is 14.7 Å². The van der Waals surface area contributed by atoms with Gasteiger partial charge in [0.15, 0.2) is 0 Å². The molecule has 2 aromatic carbocycles. The number of amides is 2. The monoisotopic (exact) mass is 326 g/mol. The van der Waals surface area contributed by atoms with Crippen molar-refractivity contribution in [1.29, 1.82) is 0 Å². The molecule has 0 aromatic heterocycles. The highest BCUT2D eigenvalue weighted by molar-refractivity contribution is 5.92. The van der Waals surface area contributed by atoms with E-state index in [-0.39, 0.29) is 11.6 Å². The third-order valence-electron chi connectivity index (χ3n) is 3.73. The van der Waals surface area contributed by atoms with E-state index in [1.807, 2.05) is 37.3 Å². The lowest BCUT2D eigenvalue weighted by Crippen LogP contribution is -2.41. The van der Waals surface area contributed by atoms with Crippen LogP contribution in [-0.2, 0) is 6.54 Å². The first-order valence-corrected chi connectivity index (χ1v) is 7.93. The Morgan fingerprint density at radius 3 is 2.17 bits per heavy atom. The number of nitrogens with zero attached hydrogens (tertiary/aromatic N) is 2. The summed E-state index contributed by atoms with van der Waals surface area (Å²) in [5.74, 6) is -0.958. The molecular weight excluding hydrogens is 304 g/mol. The van der Waals surface area contributed by atoms with Gasteiger partial charge in [0.05, 0.1) is 12.1 Å². The predicted molar refractivity (Wildman–Crippen MR) is 94.3 cm³/mol. The van der Waals surface area contributed by atoms with Gasteiger partial charge in [0, 0.05) is 19.3 Å². The van der Waals surface area contributed by atoms with Crippen LogP contribution in [0, 0.1) is 0 Å². The highest BCUT2D eigenvalue weighted by atomic mass is 16.4. The molecule has 0 fully saturated rings. The molecule has 126 valence electrons. The fourth-order valence-corrected chi connectivity index (χ4v) is 2.45. The van der Waals surface area contributed by atoms with Crippen molar-refractivity contribution in [2.24, 2.45) is 0 Å².